The number of anilines is 2. The van der Waals surface area contributed by atoms with Gasteiger partial charge in [-0.1, -0.05) is 43.3 Å². The molecule has 0 radical (unpaired) electrons. The van der Waals surface area contributed by atoms with Crippen molar-refractivity contribution in [1.82, 2.24) is 4.90 Å². The molecule has 1 aliphatic rings. The fourth-order valence-electron chi connectivity index (χ4n) is 3.00. The third-order valence-electron chi connectivity index (χ3n) is 4.46. The average Bonchev–Trinajstić information content (AvgIpc) is 2.68. The topological polar surface area (TPSA) is 90.9 Å². The number of amides is 3. The molecule has 0 saturated heterocycles. The van der Waals surface area contributed by atoms with Gasteiger partial charge in [-0.15, -0.1) is 0 Å². The second kappa shape index (κ2) is 8.55. The molecule has 3 rings (SSSR count). The molecule has 3 amide bonds. The number of hydrogen-bond donors (Lipinski definition) is 3. The van der Waals surface area contributed by atoms with Gasteiger partial charge in [0, 0.05) is 6.54 Å². The number of nitrogens with zero attached hydrogens (tertiary/aromatic N) is 1. The number of aliphatic hydroxyl groups excluding tert-OH is 1. The number of fused-ring (bicyclic) bond motifs is 1. The molecule has 0 fully saturated rings. The number of ether oxygens (including phenoxy) is 1. The van der Waals surface area contributed by atoms with Gasteiger partial charge in [0.25, 0.3) is 5.91 Å². The van der Waals surface area contributed by atoms with Crippen molar-refractivity contribution in [3.63, 3.8) is 0 Å². The Kier molecular flexibility index (Phi) is 5.93. The van der Waals surface area contributed by atoms with Crippen LogP contribution in [0.4, 0.5) is 16.2 Å². The molecule has 3 N–H and O–H groups in total. The standard InChI is InChI=1S/C20H23N3O4/c1-2-15(12-24)23(11-14-7-4-3-5-8-14)20(26)22-17-10-6-9-16-19(17)27-13-18(25)21-16/h3-10,15,24H,2,11-13H2,1H3,(H,21,25)(H,22,26)/t15-/m1/s1. The highest BCUT2D eigenvalue weighted by molar-refractivity contribution is 5.99. The van der Waals surface area contributed by atoms with E-state index < -0.39 is 0 Å². The molecular formula is C20H23N3O4. The molecule has 0 aliphatic carbocycles. The van der Waals surface area contributed by atoms with Crippen LogP contribution < -0.4 is 15.4 Å². The van der Waals surface area contributed by atoms with Gasteiger partial charge in [-0.3, -0.25) is 4.79 Å². The van der Waals surface area contributed by atoms with Crippen molar-refractivity contribution in [2.24, 2.45) is 0 Å². The summed E-state index contributed by atoms with van der Waals surface area (Å²) in [5, 5.41) is 15.3. The fraction of sp³-hybridized carbons (Fsp3) is 0.300. The Labute approximate surface area is 157 Å². The minimum atomic E-state index is -0.339. The van der Waals surface area contributed by atoms with Crippen LogP contribution in [0.25, 0.3) is 0 Å². The molecule has 0 unspecified atom stereocenters. The molecule has 0 bridgehead atoms. The molecule has 2 aromatic rings. The maximum absolute atomic E-state index is 13.0. The first-order chi connectivity index (χ1) is 13.1. The van der Waals surface area contributed by atoms with Crippen LogP contribution >= 0.6 is 0 Å². The third-order valence-corrected chi connectivity index (χ3v) is 4.46. The summed E-state index contributed by atoms with van der Waals surface area (Å²) in [7, 11) is 0. The van der Waals surface area contributed by atoms with Crippen LogP contribution in [0.15, 0.2) is 48.5 Å². The lowest BCUT2D eigenvalue weighted by molar-refractivity contribution is -0.118. The van der Waals surface area contributed by atoms with Gasteiger partial charge in [-0.2, -0.15) is 0 Å². The average molecular weight is 369 g/mol. The van der Waals surface area contributed by atoms with E-state index in [0.717, 1.165) is 5.56 Å². The second-order valence-electron chi connectivity index (χ2n) is 6.31. The molecule has 7 nitrogen and oxygen atoms in total. The van der Waals surface area contributed by atoms with Crippen molar-refractivity contribution in [1.29, 1.82) is 0 Å². The summed E-state index contributed by atoms with van der Waals surface area (Å²) in [5.74, 6) is 0.199. The van der Waals surface area contributed by atoms with Gasteiger partial charge in [-0.05, 0) is 24.1 Å². The minimum Gasteiger partial charge on any atom is -0.479 e. The van der Waals surface area contributed by atoms with Crippen LogP contribution in [-0.2, 0) is 11.3 Å². The highest BCUT2D eigenvalue weighted by Crippen LogP contribution is 2.35. The number of carbonyl (C=O) groups is 2. The van der Waals surface area contributed by atoms with E-state index in [1.807, 2.05) is 37.3 Å². The normalized spacial score (nSPS) is 13.8. The van der Waals surface area contributed by atoms with E-state index in [-0.39, 0.29) is 31.2 Å². The first-order valence-corrected chi connectivity index (χ1v) is 8.90. The number of urea groups is 1. The molecule has 1 heterocycles. The predicted molar refractivity (Wildman–Crippen MR) is 103 cm³/mol. The van der Waals surface area contributed by atoms with Crippen LogP contribution in [0.3, 0.4) is 0 Å². The molecule has 27 heavy (non-hydrogen) atoms. The molecule has 142 valence electrons. The highest BCUT2D eigenvalue weighted by Gasteiger charge is 2.25. The molecule has 1 aliphatic heterocycles. The quantitative estimate of drug-likeness (QED) is 0.730. The van der Waals surface area contributed by atoms with Crippen LogP contribution in [0.5, 0.6) is 5.75 Å². The summed E-state index contributed by atoms with van der Waals surface area (Å²) in [4.78, 5) is 26.1. The van der Waals surface area contributed by atoms with E-state index in [2.05, 4.69) is 10.6 Å². The first kappa shape index (κ1) is 18.7. The first-order valence-electron chi connectivity index (χ1n) is 8.90. The van der Waals surface area contributed by atoms with E-state index in [4.69, 9.17) is 4.74 Å². The summed E-state index contributed by atoms with van der Waals surface area (Å²) in [6.07, 6.45) is 0.621. The maximum atomic E-state index is 13.0. The van der Waals surface area contributed by atoms with E-state index in [1.54, 1.807) is 23.1 Å². The largest absolute Gasteiger partial charge is 0.479 e. The monoisotopic (exact) mass is 369 g/mol. The van der Waals surface area contributed by atoms with Gasteiger partial charge >= 0.3 is 6.03 Å². The fourth-order valence-corrected chi connectivity index (χ4v) is 3.00. The van der Waals surface area contributed by atoms with Gasteiger partial charge in [0.15, 0.2) is 12.4 Å². The molecule has 0 aromatic heterocycles. The van der Waals surface area contributed by atoms with Crippen LogP contribution in [0.1, 0.15) is 18.9 Å². The van der Waals surface area contributed by atoms with Crippen molar-refractivity contribution in [2.75, 3.05) is 23.8 Å². The van der Waals surface area contributed by atoms with Crippen molar-refractivity contribution < 1.29 is 19.4 Å². The number of rotatable bonds is 6. The Hall–Kier alpha value is -3.06. The number of para-hydroxylation sites is 1. The minimum absolute atomic E-state index is 0.0954. The van der Waals surface area contributed by atoms with Gasteiger partial charge in [0.1, 0.15) is 0 Å². The molecular weight excluding hydrogens is 346 g/mol. The number of hydrogen-bond acceptors (Lipinski definition) is 4. The molecule has 2 aromatic carbocycles. The number of aliphatic hydroxyl groups is 1. The van der Waals surface area contributed by atoms with Crippen molar-refractivity contribution in [3.8, 4) is 5.75 Å². The maximum Gasteiger partial charge on any atom is 0.322 e. The van der Waals surface area contributed by atoms with Crippen LogP contribution in [0.2, 0.25) is 0 Å². The van der Waals surface area contributed by atoms with Crippen molar-refractivity contribution in [2.45, 2.75) is 25.9 Å². The van der Waals surface area contributed by atoms with E-state index in [1.165, 1.54) is 0 Å². The lowest BCUT2D eigenvalue weighted by Crippen LogP contribution is -2.44. The molecule has 0 saturated carbocycles. The summed E-state index contributed by atoms with van der Waals surface area (Å²) in [6.45, 7) is 2.07. The Balaban J connectivity index is 1.82. The zero-order valence-electron chi connectivity index (χ0n) is 15.1. The smallest absolute Gasteiger partial charge is 0.322 e. The predicted octanol–water partition coefficient (Wildman–Crippen LogP) is 2.82. The summed E-state index contributed by atoms with van der Waals surface area (Å²) >= 11 is 0. The van der Waals surface area contributed by atoms with Crippen molar-refractivity contribution in [3.05, 3.63) is 54.1 Å². The highest BCUT2D eigenvalue weighted by atomic mass is 16.5. The van der Waals surface area contributed by atoms with Crippen LogP contribution in [0, 0.1) is 0 Å². The van der Waals surface area contributed by atoms with Crippen molar-refractivity contribution >= 4 is 23.3 Å². The van der Waals surface area contributed by atoms with Gasteiger partial charge in [0.2, 0.25) is 0 Å². The molecule has 1 atom stereocenters. The zero-order valence-corrected chi connectivity index (χ0v) is 15.1. The molecule has 7 heteroatoms. The van der Waals surface area contributed by atoms with E-state index >= 15 is 0 Å². The van der Waals surface area contributed by atoms with E-state index in [9.17, 15) is 14.7 Å². The Bertz CT molecular complexity index is 806. The summed E-state index contributed by atoms with van der Waals surface area (Å²) in [5.41, 5.74) is 1.97. The third kappa shape index (κ3) is 4.38. The SMILES string of the molecule is CC[C@H](CO)N(Cc1ccccc1)C(=O)Nc1cccc2c1OCC(=O)N2. The van der Waals surface area contributed by atoms with Crippen LogP contribution in [-0.4, -0.2) is 41.2 Å². The number of carbonyl (C=O) groups excluding carboxylic acids is 2. The van der Waals surface area contributed by atoms with Gasteiger partial charge in [0.05, 0.1) is 24.0 Å². The van der Waals surface area contributed by atoms with E-state index in [0.29, 0.717) is 30.1 Å². The zero-order chi connectivity index (χ0) is 19.2. The Morgan fingerprint density at radius 1 is 1.26 bits per heavy atom. The summed E-state index contributed by atoms with van der Waals surface area (Å²) in [6, 6.07) is 14.1. The lowest BCUT2D eigenvalue weighted by atomic mass is 10.1. The Morgan fingerprint density at radius 3 is 2.74 bits per heavy atom. The van der Waals surface area contributed by atoms with Gasteiger partial charge < -0.3 is 25.4 Å². The number of benzene rings is 2. The lowest BCUT2D eigenvalue weighted by Gasteiger charge is -2.31. The number of nitrogens with one attached hydrogen (secondary N) is 2. The Morgan fingerprint density at radius 2 is 2.04 bits per heavy atom. The second-order valence-corrected chi connectivity index (χ2v) is 6.31. The summed E-state index contributed by atoms with van der Waals surface area (Å²) < 4.78 is 5.48. The van der Waals surface area contributed by atoms with Gasteiger partial charge in [-0.25, -0.2) is 4.79 Å². The molecule has 0 spiro atoms.